The third kappa shape index (κ3) is 5.49. The number of rotatable bonds is 8. The minimum atomic E-state index is -3.31. The van der Waals surface area contributed by atoms with Crippen LogP contribution in [0.5, 0.6) is 5.75 Å². The summed E-state index contributed by atoms with van der Waals surface area (Å²) < 4.78 is 29.7. The molecule has 0 fully saturated rings. The minimum absolute atomic E-state index is 0.0573. The number of anilines is 1. The molecule has 0 aliphatic heterocycles. The van der Waals surface area contributed by atoms with Crippen molar-refractivity contribution in [3.8, 4) is 5.75 Å². The molecule has 7 heteroatoms. The molecular formula is C19H24N2O4S. The minimum Gasteiger partial charge on any atom is -0.484 e. The van der Waals surface area contributed by atoms with Crippen LogP contribution in [0.4, 0.5) is 5.69 Å². The zero-order valence-corrected chi connectivity index (χ0v) is 16.0. The SMILES string of the molecule is CC[C@@H](NC(=O)COc1ccc(N(C)S(C)(=O)=O)cc1)c1ccccc1. The smallest absolute Gasteiger partial charge is 0.258 e. The van der Waals surface area contributed by atoms with Gasteiger partial charge in [-0.15, -0.1) is 0 Å². The highest BCUT2D eigenvalue weighted by atomic mass is 32.2. The van der Waals surface area contributed by atoms with E-state index in [-0.39, 0.29) is 18.6 Å². The number of sulfonamides is 1. The van der Waals surface area contributed by atoms with Gasteiger partial charge >= 0.3 is 0 Å². The van der Waals surface area contributed by atoms with Gasteiger partial charge in [-0.1, -0.05) is 37.3 Å². The largest absolute Gasteiger partial charge is 0.484 e. The van der Waals surface area contributed by atoms with Crippen LogP contribution < -0.4 is 14.4 Å². The van der Waals surface area contributed by atoms with Gasteiger partial charge < -0.3 is 10.1 Å². The molecule has 0 aliphatic rings. The van der Waals surface area contributed by atoms with Crippen molar-refractivity contribution in [3.05, 3.63) is 60.2 Å². The number of carbonyl (C=O) groups excluding carboxylic acids is 1. The summed E-state index contributed by atoms with van der Waals surface area (Å²) in [6.07, 6.45) is 1.92. The Kier molecular flexibility index (Phi) is 6.63. The Morgan fingerprint density at radius 1 is 1.12 bits per heavy atom. The molecule has 0 spiro atoms. The standard InChI is InChI=1S/C19H24N2O4S/c1-4-18(15-8-6-5-7-9-15)20-19(22)14-25-17-12-10-16(11-13-17)21(2)26(3,23)24/h5-13,18H,4,14H2,1-3H3,(H,20,22)/t18-/m1/s1. The first kappa shape index (κ1) is 19.8. The van der Waals surface area contributed by atoms with Crippen molar-refractivity contribution in [3.63, 3.8) is 0 Å². The van der Waals surface area contributed by atoms with Gasteiger partial charge in [0.2, 0.25) is 10.0 Å². The maximum atomic E-state index is 12.1. The third-order valence-electron chi connectivity index (χ3n) is 4.01. The van der Waals surface area contributed by atoms with Crippen molar-refractivity contribution < 1.29 is 17.9 Å². The summed E-state index contributed by atoms with van der Waals surface area (Å²) in [7, 11) is -1.83. The number of nitrogens with zero attached hydrogens (tertiary/aromatic N) is 1. The topological polar surface area (TPSA) is 75.7 Å². The van der Waals surface area contributed by atoms with Crippen LogP contribution in [0.25, 0.3) is 0 Å². The van der Waals surface area contributed by atoms with E-state index in [0.29, 0.717) is 11.4 Å². The molecule has 0 saturated carbocycles. The molecule has 140 valence electrons. The van der Waals surface area contributed by atoms with Crippen LogP contribution in [0.1, 0.15) is 24.9 Å². The second kappa shape index (κ2) is 8.71. The van der Waals surface area contributed by atoms with Gasteiger partial charge in [0.15, 0.2) is 6.61 Å². The molecule has 2 rings (SSSR count). The number of ether oxygens (including phenoxy) is 1. The molecule has 6 nitrogen and oxygen atoms in total. The molecule has 1 amide bonds. The Bertz CT molecular complexity index is 820. The molecule has 26 heavy (non-hydrogen) atoms. The molecule has 0 aromatic heterocycles. The summed E-state index contributed by atoms with van der Waals surface area (Å²) in [5.41, 5.74) is 1.58. The van der Waals surface area contributed by atoms with E-state index in [1.807, 2.05) is 37.3 Å². The van der Waals surface area contributed by atoms with Gasteiger partial charge in [-0.05, 0) is 36.2 Å². The van der Waals surface area contributed by atoms with Crippen molar-refractivity contribution in [2.24, 2.45) is 0 Å². The lowest BCUT2D eigenvalue weighted by atomic mass is 10.0. The zero-order chi connectivity index (χ0) is 19.2. The molecule has 0 saturated heterocycles. The first-order valence-electron chi connectivity index (χ1n) is 8.32. The molecule has 0 unspecified atom stereocenters. The second-order valence-electron chi connectivity index (χ2n) is 5.95. The van der Waals surface area contributed by atoms with Crippen molar-refractivity contribution in [2.45, 2.75) is 19.4 Å². The van der Waals surface area contributed by atoms with Gasteiger partial charge in [-0.2, -0.15) is 0 Å². The summed E-state index contributed by atoms with van der Waals surface area (Å²) in [6.45, 7) is 1.90. The number of amides is 1. The van der Waals surface area contributed by atoms with Crippen LogP contribution in [0, 0.1) is 0 Å². The first-order valence-corrected chi connectivity index (χ1v) is 10.2. The lowest BCUT2D eigenvalue weighted by molar-refractivity contribution is -0.123. The van der Waals surface area contributed by atoms with E-state index in [2.05, 4.69) is 5.32 Å². The Morgan fingerprint density at radius 2 is 1.73 bits per heavy atom. The summed E-state index contributed by atoms with van der Waals surface area (Å²) >= 11 is 0. The van der Waals surface area contributed by atoms with Crippen LogP contribution in [0.15, 0.2) is 54.6 Å². The highest BCUT2D eigenvalue weighted by Gasteiger charge is 2.14. The highest BCUT2D eigenvalue weighted by molar-refractivity contribution is 7.92. The second-order valence-corrected chi connectivity index (χ2v) is 7.97. The number of carbonyl (C=O) groups is 1. The van der Waals surface area contributed by atoms with Crippen molar-refractivity contribution in [2.75, 3.05) is 24.2 Å². The van der Waals surface area contributed by atoms with E-state index in [1.54, 1.807) is 24.3 Å². The number of benzene rings is 2. The van der Waals surface area contributed by atoms with E-state index in [0.717, 1.165) is 18.2 Å². The molecule has 1 atom stereocenters. The fourth-order valence-electron chi connectivity index (χ4n) is 2.44. The first-order chi connectivity index (χ1) is 12.3. The number of hydrogen-bond donors (Lipinski definition) is 1. The number of nitrogens with one attached hydrogen (secondary N) is 1. The maximum absolute atomic E-state index is 12.1. The van der Waals surface area contributed by atoms with Gasteiger partial charge in [0.05, 0.1) is 18.0 Å². The van der Waals surface area contributed by atoms with Crippen LogP contribution in [-0.2, 0) is 14.8 Å². The molecule has 0 bridgehead atoms. The predicted molar refractivity (Wildman–Crippen MR) is 103 cm³/mol. The Labute approximate surface area is 154 Å². The fraction of sp³-hybridized carbons (Fsp3) is 0.316. The number of hydrogen-bond acceptors (Lipinski definition) is 4. The van der Waals surface area contributed by atoms with Gasteiger partial charge in [-0.3, -0.25) is 9.10 Å². The molecule has 0 heterocycles. The van der Waals surface area contributed by atoms with E-state index in [9.17, 15) is 13.2 Å². The summed E-state index contributed by atoms with van der Waals surface area (Å²) in [6, 6.07) is 16.3. The fourth-order valence-corrected chi connectivity index (χ4v) is 2.94. The monoisotopic (exact) mass is 376 g/mol. The highest BCUT2D eigenvalue weighted by Crippen LogP contribution is 2.20. The van der Waals surface area contributed by atoms with E-state index in [1.165, 1.54) is 11.4 Å². The van der Waals surface area contributed by atoms with Crippen LogP contribution in [0.3, 0.4) is 0 Å². The molecular weight excluding hydrogens is 352 g/mol. The molecule has 2 aromatic rings. The molecule has 2 aromatic carbocycles. The maximum Gasteiger partial charge on any atom is 0.258 e. The van der Waals surface area contributed by atoms with Crippen LogP contribution in [0.2, 0.25) is 0 Å². The summed E-state index contributed by atoms with van der Waals surface area (Å²) in [4.78, 5) is 12.1. The Balaban J connectivity index is 1.91. The van der Waals surface area contributed by atoms with E-state index in [4.69, 9.17) is 4.74 Å². The van der Waals surface area contributed by atoms with Crippen LogP contribution in [-0.4, -0.2) is 34.2 Å². The molecule has 0 radical (unpaired) electrons. The average Bonchev–Trinajstić information content (AvgIpc) is 2.64. The average molecular weight is 376 g/mol. The van der Waals surface area contributed by atoms with Crippen molar-refractivity contribution in [1.29, 1.82) is 0 Å². The van der Waals surface area contributed by atoms with E-state index < -0.39 is 10.0 Å². The van der Waals surface area contributed by atoms with E-state index >= 15 is 0 Å². The zero-order valence-electron chi connectivity index (χ0n) is 15.2. The quantitative estimate of drug-likeness (QED) is 0.769. The predicted octanol–water partition coefficient (Wildman–Crippen LogP) is 2.73. The lowest BCUT2D eigenvalue weighted by Gasteiger charge is -2.18. The third-order valence-corrected chi connectivity index (χ3v) is 5.22. The lowest BCUT2D eigenvalue weighted by Crippen LogP contribution is -2.32. The normalized spacial score (nSPS) is 12.3. The van der Waals surface area contributed by atoms with Crippen molar-refractivity contribution >= 4 is 21.6 Å². The van der Waals surface area contributed by atoms with Crippen LogP contribution >= 0.6 is 0 Å². The molecule has 1 N–H and O–H groups in total. The van der Waals surface area contributed by atoms with Gasteiger partial charge in [0, 0.05) is 7.05 Å². The van der Waals surface area contributed by atoms with Crippen molar-refractivity contribution in [1.82, 2.24) is 5.32 Å². The Hall–Kier alpha value is -2.54. The summed E-state index contributed by atoms with van der Waals surface area (Å²) in [5.74, 6) is 0.289. The van der Waals surface area contributed by atoms with Gasteiger partial charge in [0.25, 0.3) is 5.91 Å². The van der Waals surface area contributed by atoms with Gasteiger partial charge in [-0.25, -0.2) is 8.42 Å². The molecule has 0 aliphatic carbocycles. The summed E-state index contributed by atoms with van der Waals surface area (Å²) in [5, 5.41) is 2.95. The van der Waals surface area contributed by atoms with Gasteiger partial charge in [0.1, 0.15) is 5.75 Å². The Morgan fingerprint density at radius 3 is 2.27 bits per heavy atom.